The van der Waals surface area contributed by atoms with Gasteiger partial charge in [0.05, 0.1) is 12.7 Å². The van der Waals surface area contributed by atoms with Crippen LogP contribution >= 0.6 is 0 Å². The summed E-state index contributed by atoms with van der Waals surface area (Å²) in [5.74, 6) is 1.06. The Morgan fingerprint density at radius 2 is 2.05 bits per heavy atom. The van der Waals surface area contributed by atoms with Crippen molar-refractivity contribution in [2.45, 2.75) is 32.3 Å². The molecule has 3 nitrogen and oxygen atoms in total. The average molecular weight is 265 g/mol. The SMILES string of the molecule is CC[C@](O)(Cc1cccc(OC)c1)[C@H](C)CN(C)C. The number of benzene rings is 1. The molecule has 108 valence electrons. The lowest BCUT2D eigenvalue weighted by atomic mass is 9.81. The summed E-state index contributed by atoms with van der Waals surface area (Å²) in [5, 5.41) is 10.9. The zero-order valence-corrected chi connectivity index (χ0v) is 12.8. The van der Waals surface area contributed by atoms with Gasteiger partial charge in [-0.15, -0.1) is 0 Å². The fourth-order valence-corrected chi connectivity index (χ4v) is 2.50. The zero-order valence-electron chi connectivity index (χ0n) is 12.8. The summed E-state index contributed by atoms with van der Waals surface area (Å²) in [6.07, 6.45) is 1.41. The molecule has 0 fully saturated rings. The van der Waals surface area contributed by atoms with Crippen LogP contribution in [0.2, 0.25) is 0 Å². The summed E-state index contributed by atoms with van der Waals surface area (Å²) in [6.45, 7) is 5.05. The summed E-state index contributed by atoms with van der Waals surface area (Å²) < 4.78 is 5.24. The maximum atomic E-state index is 10.9. The van der Waals surface area contributed by atoms with Gasteiger partial charge in [0, 0.05) is 13.0 Å². The molecule has 0 amide bonds. The Bertz CT molecular complexity index is 392. The number of hydrogen-bond acceptors (Lipinski definition) is 3. The lowest BCUT2D eigenvalue weighted by Crippen LogP contribution is -2.42. The van der Waals surface area contributed by atoms with Crippen molar-refractivity contribution in [2.75, 3.05) is 27.7 Å². The summed E-state index contributed by atoms with van der Waals surface area (Å²) in [6, 6.07) is 7.95. The molecule has 2 atom stereocenters. The van der Waals surface area contributed by atoms with Crippen LogP contribution in [0.4, 0.5) is 0 Å². The monoisotopic (exact) mass is 265 g/mol. The minimum atomic E-state index is -0.670. The predicted octanol–water partition coefficient (Wildman–Crippen LogP) is 2.58. The van der Waals surface area contributed by atoms with Crippen molar-refractivity contribution >= 4 is 0 Å². The predicted molar refractivity (Wildman–Crippen MR) is 79.7 cm³/mol. The third-order valence-corrected chi connectivity index (χ3v) is 3.81. The van der Waals surface area contributed by atoms with Crippen molar-refractivity contribution in [2.24, 2.45) is 5.92 Å². The van der Waals surface area contributed by atoms with Crippen LogP contribution in [0.15, 0.2) is 24.3 Å². The summed E-state index contributed by atoms with van der Waals surface area (Å²) in [4.78, 5) is 2.12. The molecular weight excluding hydrogens is 238 g/mol. The van der Waals surface area contributed by atoms with Gasteiger partial charge in [-0.2, -0.15) is 0 Å². The summed E-state index contributed by atoms with van der Waals surface area (Å²) in [5.41, 5.74) is 0.450. The third-order valence-electron chi connectivity index (χ3n) is 3.81. The Morgan fingerprint density at radius 3 is 2.58 bits per heavy atom. The van der Waals surface area contributed by atoms with Crippen LogP contribution in [-0.2, 0) is 6.42 Å². The first-order valence-corrected chi connectivity index (χ1v) is 6.91. The fraction of sp³-hybridized carbons (Fsp3) is 0.625. The topological polar surface area (TPSA) is 32.7 Å². The minimum absolute atomic E-state index is 0.221. The Labute approximate surface area is 117 Å². The average Bonchev–Trinajstić information content (AvgIpc) is 2.38. The first-order chi connectivity index (χ1) is 8.91. The van der Waals surface area contributed by atoms with Gasteiger partial charge in [-0.3, -0.25) is 0 Å². The van der Waals surface area contributed by atoms with E-state index in [4.69, 9.17) is 4.74 Å². The number of methoxy groups -OCH3 is 1. The number of ether oxygens (including phenoxy) is 1. The largest absolute Gasteiger partial charge is 0.497 e. The Morgan fingerprint density at radius 1 is 1.37 bits per heavy atom. The normalized spacial score (nSPS) is 16.2. The van der Waals surface area contributed by atoms with E-state index in [0.717, 1.165) is 24.3 Å². The number of aliphatic hydroxyl groups is 1. The van der Waals surface area contributed by atoms with Crippen LogP contribution in [0, 0.1) is 5.92 Å². The van der Waals surface area contributed by atoms with Gasteiger partial charge in [0.1, 0.15) is 5.75 Å². The van der Waals surface area contributed by atoms with Crippen molar-refractivity contribution < 1.29 is 9.84 Å². The molecule has 0 radical (unpaired) electrons. The van der Waals surface area contributed by atoms with Gasteiger partial charge in [-0.25, -0.2) is 0 Å². The molecule has 0 heterocycles. The Balaban J connectivity index is 2.84. The first kappa shape index (κ1) is 16.0. The van der Waals surface area contributed by atoms with Crippen LogP contribution < -0.4 is 4.74 Å². The van der Waals surface area contributed by atoms with Gasteiger partial charge >= 0.3 is 0 Å². The van der Waals surface area contributed by atoms with Crippen molar-refractivity contribution in [3.8, 4) is 5.75 Å². The van der Waals surface area contributed by atoms with Gasteiger partial charge in [0.2, 0.25) is 0 Å². The van der Waals surface area contributed by atoms with E-state index in [2.05, 4.69) is 11.8 Å². The molecule has 0 aliphatic rings. The second-order valence-electron chi connectivity index (χ2n) is 5.65. The maximum absolute atomic E-state index is 10.9. The molecule has 0 unspecified atom stereocenters. The zero-order chi connectivity index (χ0) is 14.5. The molecule has 0 saturated carbocycles. The molecule has 1 N–H and O–H groups in total. The lowest BCUT2D eigenvalue weighted by Gasteiger charge is -2.35. The standard InChI is InChI=1S/C16H27NO2/c1-6-16(18,13(2)12-17(3)4)11-14-8-7-9-15(10-14)19-5/h7-10,13,18H,6,11-12H2,1-5H3/t13-,16+/m1/s1. The second-order valence-corrected chi connectivity index (χ2v) is 5.65. The quantitative estimate of drug-likeness (QED) is 0.822. The van der Waals surface area contributed by atoms with Crippen molar-refractivity contribution in [3.63, 3.8) is 0 Å². The molecule has 0 aromatic heterocycles. The van der Waals surface area contributed by atoms with E-state index in [1.165, 1.54) is 0 Å². The van der Waals surface area contributed by atoms with Crippen molar-refractivity contribution in [1.29, 1.82) is 0 Å². The van der Waals surface area contributed by atoms with Crippen LogP contribution in [0.3, 0.4) is 0 Å². The van der Waals surface area contributed by atoms with Gasteiger partial charge < -0.3 is 14.7 Å². The molecular formula is C16H27NO2. The van der Waals surface area contributed by atoms with E-state index in [1.807, 2.05) is 45.3 Å². The highest BCUT2D eigenvalue weighted by Gasteiger charge is 2.32. The lowest BCUT2D eigenvalue weighted by molar-refractivity contribution is -0.0232. The molecule has 0 saturated heterocycles. The number of rotatable bonds is 7. The highest BCUT2D eigenvalue weighted by atomic mass is 16.5. The molecule has 1 aromatic rings. The van der Waals surface area contributed by atoms with Gasteiger partial charge in [-0.05, 0) is 44.1 Å². The van der Waals surface area contributed by atoms with Crippen LogP contribution in [-0.4, -0.2) is 43.4 Å². The second kappa shape index (κ2) is 6.92. The molecule has 0 aliphatic carbocycles. The van der Waals surface area contributed by atoms with Gasteiger partial charge in [0.15, 0.2) is 0 Å². The minimum Gasteiger partial charge on any atom is -0.497 e. The first-order valence-electron chi connectivity index (χ1n) is 6.91. The Kier molecular flexibility index (Phi) is 5.83. The van der Waals surface area contributed by atoms with E-state index in [0.29, 0.717) is 6.42 Å². The maximum Gasteiger partial charge on any atom is 0.119 e. The molecule has 1 rings (SSSR count). The van der Waals surface area contributed by atoms with Gasteiger partial charge in [0.25, 0.3) is 0 Å². The van der Waals surface area contributed by atoms with Crippen LogP contribution in [0.25, 0.3) is 0 Å². The highest BCUT2D eigenvalue weighted by molar-refractivity contribution is 5.29. The van der Waals surface area contributed by atoms with E-state index in [9.17, 15) is 5.11 Å². The molecule has 0 aliphatic heterocycles. The van der Waals surface area contributed by atoms with Crippen LogP contribution in [0.1, 0.15) is 25.8 Å². The third kappa shape index (κ3) is 4.51. The summed E-state index contributed by atoms with van der Waals surface area (Å²) in [7, 11) is 5.75. The molecule has 0 spiro atoms. The van der Waals surface area contributed by atoms with Crippen molar-refractivity contribution in [3.05, 3.63) is 29.8 Å². The Hall–Kier alpha value is -1.06. The van der Waals surface area contributed by atoms with E-state index >= 15 is 0 Å². The van der Waals surface area contributed by atoms with E-state index in [1.54, 1.807) is 7.11 Å². The molecule has 19 heavy (non-hydrogen) atoms. The summed E-state index contributed by atoms with van der Waals surface area (Å²) >= 11 is 0. The molecule has 1 aromatic carbocycles. The molecule has 0 bridgehead atoms. The molecule has 3 heteroatoms. The smallest absolute Gasteiger partial charge is 0.119 e. The van der Waals surface area contributed by atoms with E-state index < -0.39 is 5.60 Å². The fourth-order valence-electron chi connectivity index (χ4n) is 2.50. The highest BCUT2D eigenvalue weighted by Crippen LogP contribution is 2.27. The number of nitrogens with zero attached hydrogens (tertiary/aromatic N) is 1. The van der Waals surface area contributed by atoms with E-state index in [-0.39, 0.29) is 5.92 Å². The van der Waals surface area contributed by atoms with Crippen LogP contribution in [0.5, 0.6) is 5.75 Å². The van der Waals surface area contributed by atoms with Gasteiger partial charge in [-0.1, -0.05) is 26.0 Å². The van der Waals surface area contributed by atoms with Crippen molar-refractivity contribution in [1.82, 2.24) is 4.90 Å². The number of hydrogen-bond donors (Lipinski definition) is 1.